The van der Waals surface area contributed by atoms with Gasteiger partial charge in [0.15, 0.2) is 0 Å². The van der Waals surface area contributed by atoms with Crippen LogP contribution in [0.2, 0.25) is 0 Å². The zero-order valence-electron chi connectivity index (χ0n) is 11.9. The van der Waals surface area contributed by atoms with Crippen LogP contribution in [0.4, 0.5) is 0 Å². The van der Waals surface area contributed by atoms with E-state index in [1.54, 1.807) is 29.5 Å². The molecule has 1 aromatic carbocycles. The van der Waals surface area contributed by atoms with Gasteiger partial charge in [0.25, 0.3) is 0 Å². The third-order valence-corrected chi connectivity index (χ3v) is 4.25. The van der Waals surface area contributed by atoms with Crippen molar-refractivity contribution in [3.63, 3.8) is 0 Å². The fourth-order valence-corrected chi connectivity index (χ4v) is 3.31. The average Bonchev–Trinajstić information content (AvgIpc) is 2.71. The van der Waals surface area contributed by atoms with Crippen LogP contribution in [-0.4, -0.2) is 11.0 Å². The number of nitrogens with one attached hydrogen (secondary N) is 1. The van der Waals surface area contributed by atoms with E-state index in [0.29, 0.717) is 5.56 Å². The zero-order chi connectivity index (χ0) is 14.7. The lowest BCUT2D eigenvalue weighted by molar-refractivity contribution is -0.121. The van der Waals surface area contributed by atoms with E-state index in [1.165, 1.54) is 9.75 Å². The summed E-state index contributed by atoms with van der Waals surface area (Å²) in [6.45, 7) is 6.12. The fourth-order valence-electron chi connectivity index (χ4n) is 2.28. The van der Waals surface area contributed by atoms with Crippen molar-refractivity contribution in [3.05, 3.63) is 51.2 Å². The number of thiophene rings is 1. The molecule has 2 N–H and O–H groups in total. The summed E-state index contributed by atoms with van der Waals surface area (Å²) in [5.41, 5.74) is 1.81. The smallest absolute Gasteiger partial charge is 0.225 e. The molecule has 0 aliphatic heterocycles. The number of aryl methyl sites for hydroxylation is 2. The molecule has 2 rings (SSSR count). The molecule has 1 heterocycles. The molecule has 0 saturated heterocycles. The molecule has 0 radical (unpaired) electrons. The molecule has 0 spiro atoms. The lowest BCUT2D eigenvalue weighted by Gasteiger charge is -2.14. The Morgan fingerprint density at radius 3 is 2.65 bits per heavy atom. The van der Waals surface area contributed by atoms with E-state index >= 15 is 0 Å². The number of para-hydroxylation sites is 1. The van der Waals surface area contributed by atoms with Crippen LogP contribution in [0.15, 0.2) is 30.3 Å². The van der Waals surface area contributed by atoms with Crippen LogP contribution in [0.25, 0.3) is 0 Å². The Balaban J connectivity index is 2.01. The molecule has 0 aliphatic carbocycles. The van der Waals surface area contributed by atoms with Crippen LogP contribution in [0.3, 0.4) is 0 Å². The van der Waals surface area contributed by atoms with Crippen LogP contribution in [0.1, 0.15) is 33.8 Å². The summed E-state index contributed by atoms with van der Waals surface area (Å²) in [4.78, 5) is 14.5. The average molecular weight is 289 g/mol. The molecule has 0 aliphatic rings. The molecule has 1 amide bonds. The van der Waals surface area contributed by atoms with E-state index in [4.69, 9.17) is 0 Å². The molecule has 1 unspecified atom stereocenters. The Bertz CT molecular complexity index is 619. The minimum atomic E-state index is -0.0812. The van der Waals surface area contributed by atoms with Crippen molar-refractivity contribution in [2.24, 2.45) is 0 Å². The quantitative estimate of drug-likeness (QED) is 0.905. The van der Waals surface area contributed by atoms with E-state index < -0.39 is 0 Å². The zero-order valence-corrected chi connectivity index (χ0v) is 12.8. The lowest BCUT2D eigenvalue weighted by Crippen LogP contribution is -2.28. The Morgan fingerprint density at radius 2 is 2.05 bits per heavy atom. The Kier molecular flexibility index (Phi) is 4.45. The highest BCUT2D eigenvalue weighted by Crippen LogP contribution is 2.26. The second kappa shape index (κ2) is 6.09. The Hall–Kier alpha value is -1.81. The Morgan fingerprint density at radius 1 is 1.35 bits per heavy atom. The van der Waals surface area contributed by atoms with Crippen LogP contribution in [0.5, 0.6) is 5.75 Å². The summed E-state index contributed by atoms with van der Waals surface area (Å²) in [7, 11) is 0. The summed E-state index contributed by atoms with van der Waals surface area (Å²) >= 11 is 1.74. The van der Waals surface area contributed by atoms with Gasteiger partial charge in [-0.1, -0.05) is 18.2 Å². The van der Waals surface area contributed by atoms with Crippen molar-refractivity contribution < 1.29 is 9.90 Å². The predicted octanol–water partition coefficient (Wildman–Crippen LogP) is 3.49. The van der Waals surface area contributed by atoms with Gasteiger partial charge in [0.2, 0.25) is 5.91 Å². The minimum absolute atomic E-state index is 0.0155. The largest absolute Gasteiger partial charge is 0.508 e. The number of carbonyl (C=O) groups is 1. The second-order valence-electron chi connectivity index (χ2n) is 4.96. The van der Waals surface area contributed by atoms with Crippen molar-refractivity contribution >= 4 is 17.2 Å². The maximum atomic E-state index is 12.0. The van der Waals surface area contributed by atoms with E-state index in [2.05, 4.69) is 25.2 Å². The molecule has 106 valence electrons. The number of benzene rings is 1. The molecule has 0 saturated carbocycles. The van der Waals surface area contributed by atoms with Gasteiger partial charge in [0, 0.05) is 15.3 Å². The highest BCUT2D eigenvalue weighted by molar-refractivity contribution is 7.12. The summed E-state index contributed by atoms with van der Waals surface area (Å²) in [5, 5.41) is 12.7. The molecule has 4 heteroatoms. The number of phenols is 1. The van der Waals surface area contributed by atoms with Gasteiger partial charge >= 0.3 is 0 Å². The third-order valence-electron chi connectivity index (χ3n) is 3.27. The van der Waals surface area contributed by atoms with Crippen LogP contribution >= 0.6 is 11.3 Å². The lowest BCUT2D eigenvalue weighted by atomic mass is 10.1. The first-order valence-corrected chi connectivity index (χ1v) is 7.42. The second-order valence-corrected chi connectivity index (χ2v) is 6.42. The molecular formula is C16H19NO2S. The first-order valence-electron chi connectivity index (χ1n) is 6.60. The molecular weight excluding hydrogens is 270 g/mol. The SMILES string of the molecule is Cc1cc(C(C)NC(=O)Cc2ccccc2O)c(C)s1. The van der Waals surface area contributed by atoms with Gasteiger partial charge in [0.1, 0.15) is 5.75 Å². The summed E-state index contributed by atoms with van der Waals surface area (Å²) in [6, 6.07) is 9.02. The standard InChI is InChI=1S/C16H19NO2S/c1-10-8-14(12(3)20-10)11(2)17-16(19)9-13-6-4-5-7-15(13)18/h4-8,11,18H,9H2,1-3H3,(H,17,19). The van der Waals surface area contributed by atoms with Crippen molar-refractivity contribution in [2.45, 2.75) is 33.2 Å². The van der Waals surface area contributed by atoms with E-state index in [1.807, 2.05) is 13.0 Å². The van der Waals surface area contributed by atoms with Crippen molar-refractivity contribution in [1.82, 2.24) is 5.32 Å². The normalized spacial score (nSPS) is 12.2. The molecule has 1 aromatic heterocycles. The van der Waals surface area contributed by atoms with Crippen LogP contribution in [0, 0.1) is 13.8 Å². The minimum Gasteiger partial charge on any atom is -0.508 e. The maximum absolute atomic E-state index is 12.0. The van der Waals surface area contributed by atoms with Crippen molar-refractivity contribution in [2.75, 3.05) is 0 Å². The molecule has 20 heavy (non-hydrogen) atoms. The van der Waals surface area contributed by atoms with Gasteiger partial charge in [-0.05, 0) is 38.5 Å². The highest BCUT2D eigenvalue weighted by Gasteiger charge is 2.14. The first-order chi connectivity index (χ1) is 9.47. The molecule has 1 atom stereocenters. The van der Waals surface area contributed by atoms with E-state index in [-0.39, 0.29) is 24.1 Å². The number of rotatable bonds is 4. The van der Waals surface area contributed by atoms with Gasteiger partial charge in [0.05, 0.1) is 12.5 Å². The molecule has 0 fully saturated rings. The summed E-state index contributed by atoms with van der Waals surface area (Å²) < 4.78 is 0. The van der Waals surface area contributed by atoms with E-state index in [9.17, 15) is 9.90 Å². The van der Waals surface area contributed by atoms with Gasteiger partial charge in [-0.15, -0.1) is 11.3 Å². The van der Waals surface area contributed by atoms with Crippen LogP contribution in [-0.2, 0) is 11.2 Å². The monoisotopic (exact) mass is 289 g/mol. The van der Waals surface area contributed by atoms with Gasteiger partial charge in [-0.3, -0.25) is 4.79 Å². The number of amides is 1. The topological polar surface area (TPSA) is 49.3 Å². The van der Waals surface area contributed by atoms with Crippen molar-refractivity contribution in [1.29, 1.82) is 0 Å². The van der Waals surface area contributed by atoms with Gasteiger partial charge in [-0.2, -0.15) is 0 Å². The third kappa shape index (κ3) is 3.39. The molecule has 2 aromatic rings. The molecule has 0 bridgehead atoms. The first kappa shape index (κ1) is 14.6. The van der Waals surface area contributed by atoms with E-state index in [0.717, 1.165) is 5.56 Å². The number of aromatic hydroxyl groups is 1. The fraction of sp³-hybridized carbons (Fsp3) is 0.312. The van der Waals surface area contributed by atoms with Gasteiger partial charge < -0.3 is 10.4 Å². The predicted molar refractivity (Wildman–Crippen MR) is 82.2 cm³/mol. The summed E-state index contributed by atoms with van der Waals surface area (Å²) in [6.07, 6.45) is 0.194. The Labute approximate surface area is 123 Å². The number of hydrogen-bond acceptors (Lipinski definition) is 3. The van der Waals surface area contributed by atoms with Crippen LogP contribution < -0.4 is 5.32 Å². The maximum Gasteiger partial charge on any atom is 0.225 e. The molecule has 3 nitrogen and oxygen atoms in total. The highest BCUT2D eigenvalue weighted by atomic mass is 32.1. The van der Waals surface area contributed by atoms with Gasteiger partial charge in [-0.25, -0.2) is 0 Å². The number of phenolic OH excluding ortho intramolecular Hbond substituents is 1. The summed E-state index contributed by atoms with van der Waals surface area (Å²) in [5.74, 6) is 0.0834. The number of hydrogen-bond donors (Lipinski definition) is 2. The van der Waals surface area contributed by atoms with Crippen molar-refractivity contribution in [3.8, 4) is 5.75 Å². The number of carbonyl (C=O) groups excluding carboxylic acids is 1.